The fourth-order valence-corrected chi connectivity index (χ4v) is 3.33. The molecule has 0 saturated carbocycles. The Bertz CT molecular complexity index is 643. The fourth-order valence-electron chi connectivity index (χ4n) is 2.57. The summed E-state index contributed by atoms with van der Waals surface area (Å²) in [6.07, 6.45) is 4.98. The third-order valence-corrected chi connectivity index (χ3v) is 5.77. The van der Waals surface area contributed by atoms with Gasteiger partial charge in [-0.25, -0.2) is 4.98 Å². The maximum Gasteiger partial charge on any atom is 0.124 e. The number of benzene rings is 1. The van der Waals surface area contributed by atoms with E-state index < -0.39 is 8.07 Å². The van der Waals surface area contributed by atoms with Crippen LogP contribution in [0.1, 0.15) is 25.1 Å². The van der Waals surface area contributed by atoms with E-state index in [1.165, 1.54) is 6.04 Å². The van der Waals surface area contributed by atoms with Crippen LogP contribution in [0.2, 0.25) is 25.7 Å². The quantitative estimate of drug-likeness (QED) is 0.340. The Morgan fingerprint density at radius 1 is 1.25 bits per heavy atom. The lowest BCUT2D eigenvalue weighted by Gasteiger charge is -2.17. The minimum atomic E-state index is -1.05. The number of hydrogen-bond donors (Lipinski definition) is 0. The lowest BCUT2D eigenvalue weighted by molar-refractivity contribution is 0.0845. The fraction of sp³-hybridized carbons (Fsp3) is 0.450. The molecular weight excluding hydrogens is 312 g/mol. The summed E-state index contributed by atoms with van der Waals surface area (Å²) in [7, 11) is -1.05. The molecule has 130 valence electrons. The van der Waals surface area contributed by atoms with Crippen LogP contribution < -0.4 is 0 Å². The summed E-state index contributed by atoms with van der Waals surface area (Å²) < 4.78 is 8.10. The minimum absolute atomic E-state index is 0.334. The van der Waals surface area contributed by atoms with Crippen molar-refractivity contribution in [1.29, 1.82) is 0 Å². The topological polar surface area (TPSA) is 27.1 Å². The van der Waals surface area contributed by atoms with Crippen LogP contribution in [0.5, 0.6) is 0 Å². The SMILES string of the molecule is C=CC[C@H](C)c1nc(-c2ccccc2)cn1COCC[Si](C)(C)C. The second-order valence-electron chi connectivity index (χ2n) is 7.59. The number of imidazole rings is 1. The van der Waals surface area contributed by atoms with Gasteiger partial charge in [-0.05, 0) is 12.5 Å². The monoisotopic (exact) mass is 342 g/mol. The van der Waals surface area contributed by atoms with Crippen molar-refractivity contribution in [1.82, 2.24) is 9.55 Å². The molecule has 1 aromatic carbocycles. The van der Waals surface area contributed by atoms with Gasteiger partial charge in [-0.2, -0.15) is 0 Å². The highest BCUT2D eigenvalue weighted by atomic mass is 28.3. The first-order chi connectivity index (χ1) is 11.4. The first-order valence-corrected chi connectivity index (χ1v) is 12.4. The van der Waals surface area contributed by atoms with Crippen LogP contribution in [-0.2, 0) is 11.5 Å². The second kappa shape index (κ2) is 8.45. The average Bonchev–Trinajstić information content (AvgIpc) is 2.96. The van der Waals surface area contributed by atoms with Gasteiger partial charge in [-0.3, -0.25) is 0 Å². The zero-order valence-corrected chi connectivity index (χ0v) is 16.5. The van der Waals surface area contributed by atoms with Gasteiger partial charge in [-0.1, -0.05) is 63.0 Å². The van der Waals surface area contributed by atoms with Gasteiger partial charge in [0.1, 0.15) is 12.6 Å². The Labute approximate surface area is 147 Å². The van der Waals surface area contributed by atoms with E-state index >= 15 is 0 Å². The van der Waals surface area contributed by atoms with E-state index in [2.05, 4.69) is 56.0 Å². The van der Waals surface area contributed by atoms with Gasteiger partial charge in [0.25, 0.3) is 0 Å². The Morgan fingerprint density at radius 3 is 2.58 bits per heavy atom. The minimum Gasteiger partial charge on any atom is -0.361 e. The summed E-state index contributed by atoms with van der Waals surface area (Å²) in [4.78, 5) is 4.87. The zero-order valence-electron chi connectivity index (χ0n) is 15.5. The predicted molar refractivity (Wildman–Crippen MR) is 105 cm³/mol. The third kappa shape index (κ3) is 5.46. The van der Waals surface area contributed by atoms with Crippen molar-refractivity contribution in [2.45, 2.75) is 51.7 Å². The Balaban J connectivity index is 2.14. The molecule has 0 unspecified atom stereocenters. The highest BCUT2D eigenvalue weighted by Crippen LogP contribution is 2.24. The largest absolute Gasteiger partial charge is 0.361 e. The third-order valence-electron chi connectivity index (χ3n) is 4.06. The van der Waals surface area contributed by atoms with Gasteiger partial charge < -0.3 is 9.30 Å². The lowest BCUT2D eigenvalue weighted by Crippen LogP contribution is -2.22. The van der Waals surface area contributed by atoms with Gasteiger partial charge in [0.15, 0.2) is 0 Å². The first kappa shape index (κ1) is 18.7. The summed E-state index contributed by atoms with van der Waals surface area (Å²) in [5, 5.41) is 0. The average molecular weight is 343 g/mol. The first-order valence-electron chi connectivity index (χ1n) is 8.72. The molecule has 2 rings (SSSR count). The molecule has 0 saturated heterocycles. The number of nitrogens with zero attached hydrogens (tertiary/aromatic N) is 2. The molecule has 4 heteroatoms. The molecule has 2 aromatic rings. The van der Waals surface area contributed by atoms with Crippen LogP contribution >= 0.6 is 0 Å². The molecule has 0 aliphatic carbocycles. The number of hydrogen-bond acceptors (Lipinski definition) is 2. The van der Waals surface area contributed by atoms with Crippen molar-refractivity contribution in [2.24, 2.45) is 0 Å². The molecule has 0 bridgehead atoms. The summed E-state index contributed by atoms with van der Waals surface area (Å²) >= 11 is 0. The summed E-state index contributed by atoms with van der Waals surface area (Å²) in [6, 6.07) is 11.5. The maximum absolute atomic E-state index is 5.95. The van der Waals surface area contributed by atoms with Gasteiger partial charge in [0, 0.05) is 32.4 Å². The molecule has 1 heterocycles. The molecule has 0 N–H and O–H groups in total. The maximum atomic E-state index is 5.95. The van der Waals surface area contributed by atoms with Gasteiger partial charge >= 0.3 is 0 Å². The molecule has 0 radical (unpaired) electrons. The summed E-state index contributed by atoms with van der Waals surface area (Å²) in [5.41, 5.74) is 2.15. The van der Waals surface area contributed by atoms with Crippen LogP contribution in [0, 0.1) is 0 Å². The van der Waals surface area contributed by atoms with Gasteiger partial charge in [-0.15, -0.1) is 6.58 Å². The van der Waals surface area contributed by atoms with Crippen molar-refractivity contribution in [3.63, 3.8) is 0 Å². The number of aromatic nitrogens is 2. The van der Waals surface area contributed by atoms with E-state index in [9.17, 15) is 0 Å². The second-order valence-corrected chi connectivity index (χ2v) is 13.2. The van der Waals surface area contributed by atoms with Crippen LogP contribution in [0.15, 0.2) is 49.2 Å². The molecule has 24 heavy (non-hydrogen) atoms. The molecule has 0 fully saturated rings. The Kier molecular flexibility index (Phi) is 6.57. The van der Waals surface area contributed by atoms with Crippen molar-refractivity contribution in [3.8, 4) is 11.3 Å². The van der Waals surface area contributed by atoms with Gasteiger partial charge in [0.05, 0.1) is 5.69 Å². The predicted octanol–water partition coefficient (Wildman–Crippen LogP) is 5.54. The van der Waals surface area contributed by atoms with Crippen molar-refractivity contribution >= 4 is 8.07 Å². The number of allylic oxidation sites excluding steroid dienone is 1. The van der Waals surface area contributed by atoms with E-state index in [1.807, 2.05) is 24.3 Å². The Hall–Kier alpha value is -1.65. The molecule has 3 nitrogen and oxygen atoms in total. The molecule has 0 aliphatic rings. The smallest absolute Gasteiger partial charge is 0.124 e. The van der Waals surface area contributed by atoms with E-state index in [0.29, 0.717) is 12.6 Å². The Morgan fingerprint density at radius 2 is 1.96 bits per heavy atom. The van der Waals surface area contributed by atoms with Crippen LogP contribution in [0.3, 0.4) is 0 Å². The van der Waals surface area contributed by atoms with Crippen molar-refractivity contribution in [3.05, 3.63) is 55.0 Å². The van der Waals surface area contributed by atoms with Crippen LogP contribution in [-0.4, -0.2) is 24.2 Å². The molecular formula is C20H30N2OSi. The van der Waals surface area contributed by atoms with E-state index in [4.69, 9.17) is 9.72 Å². The summed E-state index contributed by atoms with van der Waals surface area (Å²) in [6.45, 7) is 14.6. The highest BCUT2D eigenvalue weighted by molar-refractivity contribution is 6.76. The van der Waals surface area contributed by atoms with E-state index in [0.717, 1.165) is 30.1 Å². The normalized spacial score (nSPS) is 13.0. The molecule has 0 aliphatic heterocycles. The number of rotatable bonds is 9. The molecule has 1 aromatic heterocycles. The van der Waals surface area contributed by atoms with Crippen molar-refractivity contribution in [2.75, 3.05) is 6.61 Å². The summed E-state index contributed by atoms with van der Waals surface area (Å²) in [5.74, 6) is 1.40. The zero-order chi connectivity index (χ0) is 17.6. The molecule has 0 amide bonds. The van der Waals surface area contributed by atoms with Crippen LogP contribution in [0.4, 0.5) is 0 Å². The molecule has 1 atom stereocenters. The van der Waals surface area contributed by atoms with Crippen LogP contribution in [0.25, 0.3) is 11.3 Å². The number of ether oxygens (including phenoxy) is 1. The lowest BCUT2D eigenvalue weighted by atomic mass is 10.1. The van der Waals surface area contributed by atoms with Gasteiger partial charge in [0.2, 0.25) is 0 Å². The van der Waals surface area contributed by atoms with Crippen molar-refractivity contribution < 1.29 is 4.74 Å². The van der Waals surface area contributed by atoms with E-state index in [-0.39, 0.29) is 0 Å². The molecule has 0 spiro atoms. The standard InChI is InChI=1S/C20H30N2OSi/c1-6-10-17(2)20-21-19(18-11-8-7-9-12-18)15-22(20)16-23-13-14-24(3,4)5/h6-9,11-12,15,17H,1,10,13-14,16H2,2-5H3/t17-/m0/s1. The highest BCUT2D eigenvalue weighted by Gasteiger charge is 2.16. The van der Waals surface area contributed by atoms with E-state index in [1.54, 1.807) is 0 Å².